The number of nitriles is 1. The van der Waals surface area contributed by atoms with Crippen molar-refractivity contribution in [3.05, 3.63) is 52.8 Å². The fourth-order valence-corrected chi connectivity index (χ4v) is 5.27. The second-order valence-corrected chi connectivity index (χ2v) is 9.04. The molecule has 2 aromatic rings. The van der Waals surface area contributed by atoms with Crippen molar-refractivity contribution in [2.45, 2.75) is 21.9 Å². The SMILES string of the molecule is N#Cc1cc(F)cc(Oc2ccc(S(N)(=O)=O)c3c2[C@H](Br)CC32OCCO2)c1. The first-order valence-corrected chi connectivity index (χ1v) is 10.7. The number of fused-ring (bicyclic) bond motifs is 2. The summed E-state index contributed by atoms with van der Waals surface area (Å²) in [5.74, 6) is -1.48. The highest BCUT2D eigenvalue weighted by atomic mass is 79.9. The Morgan fingerprint density at radius 3 is 2.64 bits per heavy atom. The van der Waals surface area contributed by atoms with Gasteiger partial charge >= 0.3 is 0 Å². The predicted octanol–water partition coefficient (Wildman–Crippen LogP) is 3.18. The zero-order chi connectivity index (χ0) is 20.1. The van der Waals surface area contributed by atoms with Gasteiger partial charge in [-0.15, -0.1) is 0 Å². The average Bonchev–Trinajstić information content (AvgIpc) is 3.19. The molecule has 0 unspecified atom stereocenters. The quantitative estimate of drug-likeness (QED) is 0.692. The summed E-state index contributed by atoms with van der Waals surface area (Å²) in [5, 5.41) is 14.4. The van der Waals surface area contributed by atoms with Gasteiger partial charge in [-0.2, -0.15) is 5.26 Å². The van der Waals surface area contributed by atoms with Crippen molar-refractivity contribution in [3.63, 3.8) is 0 Å². The Kier molecular flexibility index (Phi) is 4.68. The first-order valence-electron chi connectivity index (χ1n) is 8.24. The van der Waals surface area contributed by atoms with Crippen LogP contribution in [-0.2, 0) is 25.3 Å². The van der Waals surface area contributed by atoms with E-state index in [9.17, 15) is 12.8 Å². The molecule has 28 heavy (non-hydrogen) atoms. The molecule has 0 aromatic heterocycles. The van der Waals surface area contributed by atoms with Crippen molar-refractivity contribution in [3.8, 4) is 17.6 Å². The van der Waals surface area contributed by atoms with Crippen LogP contribution in [0.5, 0.6) is 11.5 Å². The number of hydrogen-bond donors (Lipinski definition) is 1. The van der Waals surface area contributed by atoms with Crippen LogP contribution in [0.25, 0.3) is 0 Å². The molecule has 1 aliphatic heterocycles. The summed E-state index contributed by atoms with van der Waals surface area (Å²) >= 11 is 3.53. The molecule has 10 heteroatoms. The molecule has 1 aliphatic carbocycles. The number of alkyl halides is 1. The van der Waals surface area contributed by atoms with E-state index in [2.05, 4.69) is 15.9 Å². The molecule has 2 aliphatic rings. The van der Waals surface area contributed by atoms with Gasteiger partial charge in [0.05, 0.1) is 29.7 Å². The van der Waals surface area contributed by atoms with E-state index in [-0.39, 0.29) is 32.3 Å². The van der Waals surface area contributed by atoms with Crippen LogP contribution in [0.4, 0.5) is 4.39 Å². The highest BCUT2D eigenvalue weighted by molar-refractivity contribution is 9.09. The van der Waals surface area contributed by atoms with Gasteiger partial charge in [0, 0.05) is 28.4 Å². The van der Waals surface area contributed by atoms with Crippen LogP contribution in [0.2, 0.25) is 0 Å². The third-order valence-corrected chi connectivity index (χ3v) is 6.33. The molecule has 0 bridgehead atoms. The van der Waals surface area contributed by atoms with Crippen LogP contribution < -0.4 is 9.88 Å². The van der Waals surface area contributed by atoms with Crippen LogP contribution in [0.1, 0.15) is 27.9 Å². The zero-order valence-corrected chi connectivity index (χ0v) is 16.7. The second-order valence-electron chi connectivity index (χ2n) is 6.41. The molecule has 0 saturated carbocycles. The van der Waals surface area contributed by atoms with Crippen LogP contribution in [0.15, 0.2) is 35.2 Å². The Bertz CT molecular complexity index is 1110. The minimum Gasteiger partial charge on any atom is -0.457 e. The van der Waals surface area contributed by atoms with Gasteiger partial charge in [-0.05, 0) is 24.3 Å². The molecular weight excluding hydrogens is 455 g/mol. The maximum Gasteiger partial charge on any atom is 0.238 e. The van der Waals surface area contributed by atoms with Crippen molar-refractivity contribution in [1.29, 1.82) is 5.26 Å². The third-order valence-electron chi connectivity index (χ3n) is 4.60. The summed E-state index contributed by atoms with van der Waals surface area (Å²) in [6.45, 7) is 0.619. The number of primary sulfonamides is 1. The summed E-state index contributed by atoms with van der Waals surface area (Å²) in [5.41, 5.74) is 0.877. The Balaban J connectivity index is 1.89. The van der Waals surface area contributed by atoms with Gasteiger partial charge in [0.25, 0.3) is 0 Å². The predicted molar refractivity (Wildman–Crippen MR) is 98.9 cm³/mol. The topological polar surface area (TPSA) is 112 Å². The fourth-order valence-electron chi connectivity index (χ4n) is 3.58. The van der Waals surface area contributed by atoms with Crippen LogP contribution in [0.3, 0.4) is 0 Å². The molecular formula is C18H14BrFN2O5S. The Morgan fingerprint density at radius 1 is 1.29 bits per heavy atom. The minimum absolute atomic E-state index is 0.0992. The summed E-state index contributed by atoms with van der Waals surface area (Å²) in [6, 6.07) is 8.22. The molecule has 1 saturated heterocycles. The van der Waals surface area contributed by atoms with E-state index in [1.54, 1.807) is 0 Å². The number of hydrogen-bond acceptors (Lipinski definition) is 6. The highest BCUT2D eigenvalue weighted by Gasteiger charge is 2.52. The number of rotatable bonds is 3. The molecule has 4 rings (SSSR count). The summed E-state index contributed by atoms with van der Waals surface area (Å²) in [4.78, 5) is -0.461. The van der Waals surface area contributed by atoms with Crippen LogP contribution in [-0.4, -0.2) is 21.6 Å². The van der Waals surface area contributed by atoms with Gasteiger partial charge in [-0.1, -0.05) is 15.9 Å². The largest absolute Gasteiger partial charge is 0.457 e. The van der Waals surface area contributed by atoms with Crippen molar-refractivity contribution >= 4 is 26.0 Å². The molecule has 1 heterocycles. The van der Waals surface area contributed by atoms with Crippen molar-refractivity contribution in [1.82, 2.24) is 0 Å². The van der Waals surface area contributed by atoms with Crippen molar-refractivity contribution in [2.24, 2.45) is 5.14 Å². The van der Waals surface area contributed by atoms with Gasteiger partial charge in [-0.25, -0.2) is 17.9 Å². The zero-order valence-electron chi connectivity index (χ0n) is 14.3. The molecule has 1 fully saturated rings. The van der Waals surface area contributed by atoms with E-state index in [0.717, 1.165) is 12.1 Å². The van der Waals surface area contributed by atoms with E-state index in [1.165, 1.54) is 18.2 Å². The molecule has 0 radical (unpaired) electrons. The van der Waals surface area contributed by atoms with Crippen LogP contribution in [0, 0.1) is 17.1 Å². The lowest BCUT2D eigenvalue weighted by Gasteiger charge is -2.25. The number of ether oxygens (including phenoxy) is 3. The van der Waals surface area contributed by atoms with Crippen molar-refractivity contribution in [2.75, 3.05) is 13.2 Å². The van der Waals surface area contributed by atoms with E-state index in [4.69, 9.17) is 24.6 Å². The van der Waals surface area contributed by atoms with Gasteiger partial charge in [-0.3, -0.25) is 0 Å². The van der Waals surface area contributed by atoms with Crippen molar-refractivity contribution < 1.29 is 27.0 Å². The average molecular weight is 469 g/mol. The number of sulfonamides is 1. The molecule has 1 spiro atoms. The number of nitrogens with zero attached hydrogens (tertiary/aromatic N) is 1. The van der Waals surface area contributed by atoms with Gasteiger partial charge in [0.15, 0.2) is 5.79 Å². The standard InChI is InChI=1S/C18H14BrFN2O5S/c19-13-8-18(25-3-4-26-18)17-15(28(22,23)24)2-1-14(16(13)17)27-12-6-10(9-21)5-11(20)7-12/h1-2,5-7,13H,3-4,8H2,(H2,22,23,24)/t13-/m1/s1. The third kappa shape index (κ3) is 3.19. The summed E-state index contributed by atoms with van der Waals surface area (Å²) in [6.07, 6.45) is 0.317. The van der Waals surface area contributed by atoms with E-state index >= 15 is 0 Å². The van der Waals surface area contributed by atoms with E-state index in [1.807, 2.05) is 6.07 Å². The van der Waals surface area contributed by atoms with Crippen LogP contribution >= 0.6 is 15.9 Å². The Labute approximate surface area is 169 Å². The molecule has 7 nitrogen and oxygen atoms in total. The molecule has 0 amide bonds. The molecule has 2 aromatic carbocycles. The monoisotopic (exact) mass is 468 g/mol. The minimum atomic E-state index is -4.06. The molecule has 146 valence electrons. The van der Waals surface area contributed by atoms with Gasteiger partial charge in [0.1, 0.15) is 17.3 Å². The van der Waals surface area contributed by atoms with Gasteiger partial charge < -0.3 is 14.2 Å². The smallest absolute Gasteiger partial charge is 0.238 e. The Morgan fingerprint density at radius 2 is 2.00 bits per heavy atom. The lowest BCUT2D eigenvalue weighted by Crippen LogP contribution is -2.27. The first kappa shape index (κ1) is 19.3. The maximum atomic E-state index is 13.8. The van der Waals surface area contributed by atoms with Gasteiger partial charge in [0.2, 0.25) is 10.0 Å². The lowest BCUT2D eigenvalue weighted by molar-refractivity contribution is -0.164. The maximum absolute atomic E-state index is 13.8. The lowest BCUT2D eigenvalue weighted by atomic mass is 10.1. The highest BCUT2D eigenvalue weighted by Crippen LogP contribution is 2.57. The first-order chi connectivity index (χ1) is 13.2. The number of halogens is 2. The summed E-state index contributed by atoms with van der Waals surface area (Å²) in [7, 11) is -4.06. The second kappa shape index (κ2) is 6.79. The van der Waals surface area contributed by atoms with E-state index < -0.39 is 21.6 Å². The normalized spacial score (nSPS) is 20.1. The fraction of sp³-hybridized carbons (Fsp3) is 0.278. The molecule has 2 N–H and O–H groups in total. The van der Waals surface area contributed by atoms with E-state index in [0.29, 0.717) is 25.2 Å². The summed E-state index contributed by atoms with van der Waals surface area (Å²) < 4.78 is 55.4. The number of benzene rings is 2. The number of nitrogens with two attached hydrogens (primary N) is 1. The Hall–Kier alpha value is -2.03. The molecule has 1 atom stereocenters.